The Morgan fingerprint density at radius 2 is 1.89 bits per heavy atom. The summed E-state index contributed by atoms with van der Waals surface area (Å²) in [5, 5.41) is 3.26. The van der Waals surface area contributed by atoms with Crippen LogP contribution in [0.2, 0.25) is 0 Å². The van der Waals surface area contributed by atoms with E-state index < -0.39 is 0 Å². The zero-order chi connectivity index (χ0) is 12.5. The van der Waals surface area contributed by atoms with Crippen molar-refractivity contribution in [2.45, 2.75) is 37.8 Å². The van der Waals surface area contributed by atoms with Crippen molar-refractivity contribution in [1.82, 2.24) is 10.2 Å². The van der Waals surface area contributed by atoms with Crippen LogP contribution in [0.5, 0.6) is 0 Å². The van der Waals surface area contributed by atoms with Crippen LogP contribution in [-0.4, -0.2) is 36.5 Å². The Morgan fingerprint density at radius 1 is 1.22 bits per heavy atom. The van der Waals surface area contributed by atoms with Crippen molar-refractivity contribution >= 4 is 5.91 Å². The lowest BCUT2D eigenvalue weighted by Gasteiger charge is -2.21. The van der Waals surface area contributed by atoms with Crippen molar-refractivity contribution in [1.29, 1.82) is 0 Å². The van der Waals surface area contributed by atoms with Crippen molar-refractivity contribution in [3.63, 3.8) is 0 Å². The molecule has 3 atom stereocenters. The summed E-state index contributed by atoms with van der Waals surface area (Å²) in [5.74, 6) is 1.52. The summed E-state index contributed by atoms with van der Waals surface area (Å²) in [6, 6.07) is 0.479. The van der Waals surface area contributed by atoms with Crippen molar-refractivity contribution < 1.29 is 4.79 Å². The van der Waals surface area contributed by atoms with Gasteiger partial charge in [0.15, 0.2) is 0 Å². The van der Waals surface area contributed by atoms with Gasteiger partial charge in [-0.1, -0.05) is 24.3 Å². The van der Waals surface area contributed by atoms with Crippen molar-refractivity contribution in [2.75, 3.05) is 13.6 Å². The molecule has 3 nitrogen and oxygen atoms in total. The minimum atomic E-state index is 0.110. The van der Waals surface area contributed by atoms with E-state index in [1.54, 1.807) is 0 Å². The molecule has 2 aliphatic carbocycles. The molecule has 3 rings (SSSR count). The summed E-state index contributed by atoms with van der Waals surface area (Å²) >= 11 is 0. The number of allylic oxidation sites excluding steroid dienone is 4. The number of carbonyl (C=O) groups is 1. The third-order valence-corrected chi connectivity index (χ3v) is 4.66. The molecular formula is C15H22N2O. The molecule has 1 saturated heterocycles. The zero-order valence-electron chi connectivity index (χ0n) is 11.0. The zero-order valence-corrected chi connectivity index (χ0v) is 11.0. The van der Waals surface area contributed by atoms with Crippen LogP contribution >= 0.6 is 0 Å². The van der Waals surface area contributed by atoms with Crippen LogP contribution < -0.4 is 5.32 Å². The second-order valence-electron chi connectivity index (χ2n) is 5.91. The largest absolute Gasteiger partial charge is 0.352 e. The maximum atomic E-state index is 12.2. The molecule has 1 saturated carbocycles. The highest BCUT2D eigenvalue weighted by Gasteiger charge is 2.35. The molecule has 0 aromatic carbocycles. The lowest BCUT2D eigenvalue weighted by molar-refractivity contribution is -0.125. The highest BCUT2D eigenvalue weighted by molar-refractivity contribution is 5.82. The van der Waals surface area contributed by atoms with E-state index >= 15 is 0 Å². The molecule has 3 heteroatoms. The highest BCUT2D eigenvalue weighted by atomic mass is 16.2. The quantitative estimate of drug-likeness (QED) is 0.804. The van der Waals surface area contributed by atoms with Gasteiger partial charge >= 0.3 is 0 Å². The molecule has 2 fully saturated rings. The average Bonchev–Trinajstić information content (AvgIpc) is 2.94. The number of nitrogens with one attached hydrogen (secondary N) is 1. The molecule has 0 aromatic heterocycles. The van der Waals surface area contributed by atoms with Crippen LogP contribution in [0, 0.1) is 11.8 Å². The molecule has 2 unspecified atom stereocenters. The van der Waals surface area contributed by atoms with Gasteiger partial charge in [0, 0.05) is 6.04 Å². The Bertz CT molecular complexity index is 368. The Balaban J connectivity index is 1.56. The summed E-state index contributed by atoms with van der Waals surface area (Å²) < 4.78 is 0. The topological polar surface area (TPSA) is 32.3 Å². The molecule has 0 spiro atoms. The number of fused-ring (bicyclic) bond motifs is 1. The highest BCUT2D eigenvalue weighted by Crippen LogP contribution is 2.36. The van der Waals surface area contributed by atoms with Gasteiger partial charge in [-0.2, -0.15) is 0 Å². The molecule has 0 radical (unpaired) electrons. The number of amides is 1. The maximum Gasteiger partial charge on any atom is 0.237 e. The maximum absolute atomic E-state index is 12.2. The number of nitrogens with zero attached hydrogens (tertiary/aromatic N) is 1. The van der Waals surface area contributed by atoms with Crippen LogP contribution in [0.3, 0.4) is 0 Å². The predicted molar refractivity (Wildman–Crippen MR) is 72.1 cm³/mol. The fourth-order valence-electron chi connectivity index (χ4n) is 3.62. The van der Waals surface area contributed by atoms with Crippen molar-refractivity contribution in [2.24, 2.45) is 11.8 Å². The van der Waals surface area contributed by atoms with Gasteiger partial charge in [-0.05, 0) is 51.1 Å². The van der Waals surface area contributed by atoms with Gasteiger partial charge in [0.1, 0.15) is 0 Å². The summed E-state index contributed by atoms with van der Waals surface area (Å²) in [6.07, 6.45) is 13.2. The number of hydrogen-bond donors (Lipinski definition) is 1. The van der Waals surface area contributed by atoms with E-state index in [0.717, 1.165) is 32.2 Å². The van der Waals surface area contributed by atoms with Gasteiger partial charge in [0.05, 0.1) is 6.04 Å². The first-order valence-corrected chi connectivity index (χ1v) is 7.09. The normalized spacial score (nSPS) is 38.9. The second-order valence-corrected chi connectivity index (χ2v) is 5.91. The fourth-order valence-corrected chi connectivity index (χ4v) is 3.62. The number of likely N-dealkylation sites (N-methyl/N-ethyl adjacent to an activating group) is 1. The molecule has 1 heterocycles. The van der Waals surface area contributed by atoms with Gasteiger partial charge in [-0.3, -0.25) is 9.69 Å². The van der Waals surface area contributed by atoms with Gasteiger partial charge < -0.3 is 5.32 Å². The van der Waals surface area contributed by atoms with Crippen LogP contribution in [-0.2, 0) is 4.79 Å². The van der Waals surface area contributed by atoms with Gasteiger partial charge in [-0.25, -0.2) is 0 Å². The van der Waals surface area contributed by atoms with E-state index in [-0.39, 0.29) is 11.9 Å². The number of carbonyl (C=O) groups excluding carboxylic acids is 1. The molecule has 18 heavy (non-hydrogen) atoms. The van der Waals surface area contributed by atoms with Gasteiger partial charge in [0.2, 0.25) is 5.91 Å². The van der Waals surface area contributed by atoms with Crippen LogP contribution in [0.25, 0.3) is 0 Å². The molecule has 3 aliphatic rings. The summed E-state index contributed by atoms with van der Waals surface area (Å²) in [6.45, 7) is 1.06. The SMILES string of the molecule is CN1CCC[C@H]1C(=O)NC1CC2C=CC=CC2C1. The Labute approximate surface area is 109 Å². The monoisotopic (exact) mass is 246 g/mol. The third kappa shape index (κ3) is 2.24. The first kappa shape index (κ1) is 12.0. The van der Waals surface area contributed by atoms with Crippen molar-refractivity contribution in [3.8, 4) is 0 Å². The van der Waals surface area contributed by atoms with Gasteiger partial charge in [-0.15, -0.1) is 0 Å². The lowest BCUT2D eigenvalue weighted by atomic mass is 9.92. The lowest BCUT2D eigenvalue weighted by Crippen LogP contribution is -2.45. The smallest absolute Gasteiger partial charge is 0.237 e. The van der Waals surface area contributed by atoms with Crippen LogP contribution in [0.15, 0.2) is 24.3 Å². The average molecular weight is 246 g/mol. The van der Waals surface area contributed by atoms with Gasteiger partial charge in [0.25, 0.3) is 0 Å². The number of hydrogen-bond acceptors (Lipinski definition) is 2. The summed E-state index contributed by atoms with van der Waals surface area (Å²) in [5.41, 5.74) is 0. The molecular weight excluding hydrogens is 224 g/mol. The van der Waals surface area contributed by atoms with E-state index in [0.29, 0.717) is 17.9 Å². The third-order valence-electron chi connectivity index (χ3n) is 4.66. The molecule has 0 aromatic rings. The summed E-state index contributed by atoms with van der Waals surface area (Å²) in [4.78, 5) is 14.4. The van der Waals surface area contributed by atoms with Crippen molar-refractivity contribution in [3.05, 3.63) is 24.3 Å². The Hall–Kier alpha value is -1.09. The minimum absolute atomic E-state index is 0.110. The summed E-state index contributed by atoms with van der Waals surface area (Å²) in [7, 11) is 2.05. The van der Waals surface area contributed by atoms with E-state index in [1.165, 1.54) is 0 Å². The molecule has 98 valence electrons. The van der Waals surface area contributed by atoms with E-state index in [2.05, 4.69) is 41.6 Å². The van der Waals surface area contributed by atoms with E-state index in [1.807, 2.05) is 0 Å². The van der Waals surface area contributed by atoms with E-state index in [9.17, 15) is 4.79 Å². The Morgan fingerprint density at radius 3 is 2.44 bits per heavy atom. The number of rotatable bonds is 2. The number of likely N-dealkylation sites (tertiary alicyclic amines) is 1. The molecule has 1 aliphatic heterocycles. The molecule has 1 amide bonds. The minimum Gasteiger partial charge on any atom is -0.352 e. The van der Waals surface area contributed by atoms with E-state index in [4.69, 9.17) is 0 Å². The first-order valence-electron chi connectivity index (χ1n) is 7.09. The predicted octanol–water partition coefficient (Wildman–Crippen LogP) is 1.72. The van der Waals surface area contributed by atoms with Crippen LogP contribution in [0.1, 0.15) is 25.7 Å². The first-order chi connectivity index (χ1) is 8.74. The second kappa shape index (κ2) is 4.88. The molecule has 1 N–H and O–H groups in total. The fraction of sp³-hybridized carbons (Fsp3) is 0.667. The Kier molecular flexibility index (Phi) is 3.25. The van der Waals surface area contributed by atoms with Crippen LogP contribution in [0.4, 0.5) is 0 Å². The molecule has 0 bridgehead atoms. The standard InChI is InChI=1S/C15H22N2O/c1-17-8-4-7-14(17)15(18)16-13-9-11-5-2-3-6-12(11)10-13/h2-3,5-6,11-14H,4,7-10H2,1H3,(H,16,18)/t11?,12?,13?,14-/m0/s1.